The van der Waals surface area contributed by atoms with Crippen molar-refractivity contribution in [1.82, 2.24) is 5.43 Å². The molecule has 0 unspecified atom stereocenters. The van der Waals surface area contributed by atoms with E-state index in [9.17, 15) is 14.3 Å². The first-order valence-corrected chi connectivity index (χ1v) is 3.98. The summed E-state index contributed by atoms with van der Waals surface area (Å²) in [5, 5.41) is 9.70. The molecular formula is C9H11FN2O2. The van der Waals surface area contributed by atoms with Gasteiger partial charge in [0, 0.05) is 5.56 Å². The topological polar surface area (TPSA) is 75.3 Å². The maximum atomic E-state index is 13.2. The predicted molar refractivity (Wildman–Crippen MR) is 48.3 cm³/mol. The van der Waals surface area contributed by atoms with Crippen LogP contribution in [-0.4, -0.2) is 11.0 Å². The molecular weight excluding hydrogens is 187 g/mol. The van der Waals surface area contributed by atoms with E-state index in [4.69, 9.17) is 5.84 Å². The molecule has 0 aliphatic carbocycles. The summed E-state index contributed by atoms with van der Waals surface area (Å²) in [5.74, 6) is 3.35. The van der Waals surface area contributed by atoms with Gasteiger partial charge in [-0.1, -0.05) is 18.2 Å². The van der Waals surface area contributed by atoms with Gasteiger partial charge in [0.1, 0.15) is 5.82 Å². The SMILES string of the molecule is C[C@@](O)(C(=O)NN)c1ccccc1F. The van der Waals surface area contributed by atoms with Gasteiger partial charge in [0.25, 0.3) is 5.91 Å². The van der Waals surface area contributed by atoms with Gasteiger partial charge in [0.15, 0.2) is 5.60 Å². The molecule has 1 atom stereocenters. The van der Waals surface area contributed by atoms with Crippen LogP contribution in [0, 0.1) is 5.82 Å². The number of hydrogen-bond donors (Lipinski definition) is 3. The lowest BCUT2D eigenvalue weighted by Gasteiger charge is -2.21. The molecule has 0 aromatic heterocycles. The maximum Gasteiger partial charge on any atom is 0.270 e. The molecule has 0 aliphatic heterocycles. The lowest BCUT2D eigenvalue weighted by atomic mass is 9.95. The van der Waals surface area contributed by atoms with E-state index < -0.39 is 17.3 Å². The minimum atomic E-state index is -1.96. The summed E-state index contributed by atoms with van der Waals surface area (Å²) in [7, 11) is 0. The van der Waals surface area contributed by atoms with Gasteiger partial charge in [-0.3, -0.25) is 10.2 Å². The van der Waals surface area contributed by atoms with E-state index in [2.05, 4.69) is 0 Å². The quantitative estimate of drug-likeness (QED) is 0.356. The summed E-state index contributed by atoms with van der Waals surface area (Å²) in [6, 6.07) is 5.48. The van der Waals surface area contributed by atoms with Crippen LogP contribution in [0.2, 0.25) is 0 Å². The molecule has 1 aromatic carbocycles. The Balaban J connectivity index is 3.16. The van der Waals surface area contributed by atoms with Gasteiger partial charge in [-0.05, 0) is 13.0 Å². The Hall–Kier alpha value is -1.46. The fourth-order valence-corrected chi connectivity index (χ4v) is 1.12. The van der Waals surface area contributed by atoms with Crippen LogP contribution in [-0.2, 0) is 10.4 Å². The summed E-state index contributed by atoms with van der Waals surface area (Å²) < 4.78 is 13.2. The number of nitrogens with one attached hydrogen (secondary N) is 1. The number of halogens is 1. The molecule has 0 saturated carbocycles. The van der Waals surface area contributed by atoms with Crippen LogP contribution in [0.25, 0.3) is 0 Å². The molecule has 0 bridgehead atoms. The minimum absolute atomic E-state index is 0.108. The molecule has 0 radical (unpaired) electrons. The second-order valence-corrected chi connectivity index (χ2v) is 3.03. The summed E-state index contributed by atoms with van der Waals surface area (Å²) in [6.07, 6.45) is 0. The third kappa shape index (κ3) is 1.73. The van der Waals surface area contributed by atoms with Crippen molar-refractivity contribution >= 4 is 5.91 Å². The van der Waals surface area contributed by atoms with Crippen molar-refractivity contribution in [2.45, 2.75) is 12.5 Å². The van der Waals surface area contributed by atoms with Crippen molar-refractivity contribution in [3.05, 3.63) is 35.6 Å². The van der Waals surface area contributed by atoms with Crippen molar-refractivity contribution in [1.29, 1.82) is 0 Å². The highest BCUT2D eigenvalue weighted by Gasteiger charge is 2.34. The molecule has 0 heterocycles. The number of rotatable bonds is 2. The highest BCUT2D eigenvalue weighted by Crippen LogP contribution is 2.22. The second-order valence-electron chi connectivity index (χ2n) is 3.03. The van der Waals surface area contributed by atoms with Gasteiger partial charge >= 0.3 is 0 Å². The van der Waals surface area contributed by atoms with Crippen LogP contribution < -0.4 is 11.3 Å². The molecule has 0 spiro atoms. The molecule has 0 fully saturated rings. The van der Waals surface area contributed by atoms with Gasteiger partial charge < -0.3 is 5.11 Å². The van der Waals surface area contributed by atoms with E-state index in [1.807, 2.05) is 0 Å². The van der Waals surface area contributed by atoms with Gasteiger partial charge in [0.2, 0.25) is 0 Å². The van der Waals surface area contributed by atoms with Crippen LogP contribution in [0.3, 0.4) is 0 Å². The van der Waals surface area contributed by atoms with Crippen molar-refractivity contribution in [3.63, 3.8) is 0 Å². The Morgan fingerprint density at radius 3 is 2.64 bits per heavy atom. The first-order valence-electron chi connectivity index (χ1n) is 3.98. The van der Waals surface area contributed by atoms with Crippen molar-refractivity contribution < 1.29 is 14.3 Å². The number of carbonyl (C=O) groups is 1. The number of amides is 1. The third-order valence-corrected chi connectivity index (χ3v) is 1.97. The zero-order valence-electron chi connectivity index (χ0n) is 7.62. The molecule has 4 N–H and O–H groups in total. The fourth-order valence-electron chi connectivity index (χ4n) is 1.12. The van der Waals surface area contributed by atoms with Gasteiger partial charge in [-0.25, -0.2) is 10.2 Å². The molecule has 1 aromatic rings. The van der Waals surface area contributed by atoms with Crippen molar-refractivity contribution in [3.8, 4) is 0 Å². The number of aliphatic hydroxyl groups is 1. The monoisotopic (exact) mass is 198 g/mol. The van der Waals surface area contributed by atoms with Crippen LogP contribution in [0.5, 0.6) is 0 Å². The molecule has 5 heteroatoms. The van der Waals surface area contributed by atoms with E-state index in [1.165, 1.54) is 25.1 Å². The summed E-state index contributed by atoms with van der Waals surface area (Å²) in [5.41, 5.74) is -0.291. The summed E-state index contributed by atoms with van der Waals surface area (Å²) in [6.45, 7) is 1.17. The molecule has 1 rings (SSSR count). The second kappa shape index (κ2) is 3.73. The smallest absolute Gasteiger partial charge is 0.270 e. The molecule has 1 amide bonds. The van der Waals surface area contributed by atoms with E-state index in [0.29, 0.717) is 0 Å². The standard InChI is InChI=1S/C9H11FN2O2/c1-9(14,8(13)12-11)6-4-2-3-5-7(6)10/h2-5,14H,11H2,1H3,(H,12,13)/t9-/m0/s1. The summed E-state index contributed by atoms with van der Waals surface area (Å²) >= 11 is 0. The number of benzene rings is 1. The number of nitrogens with two attached hydrogens (primary N) is 1. The molecule has 0 aliphatic rings. The maximum absolute atomic E-state index is 13.2. The zero-order chi connectivity index (χ0) is 10.8. The lowest BCUT2D eigenvalue weighted by Crippen LogP contribution is -2.45. The first-order chi connectivity index (χ1) is 6.50. The molecule has 76 valence electrons. The Kier molecular flexibility index (Phi) is 2.83. The predicted octanol–water partition coefficient (Wildman–Crippen LogP) is 0.0231. The lowest BCUT2D eigenvalue weighted by molar-refractivity contribution is -0.139. The van der Waals surface area contributed by atoms with Crippen molar-refractivity contribution in [2.24, 2.45) is 5.84 Å². The summed E-state index contributed by atoms with van der Waals surface area (Å²) in [4.78, 5) is 11.1. The van der Waals surface area contributed by atoms with Gasteiger partial charge in [-0.2, -0.15) is 0 Å². The number of hydrazine groups is 1. The highest BCUT2D eigenvalue weighted by atomic mass is 19.1. The average molecular weight is 198 g/mol. The van der Waals surface area contributed by atoms with Gasteiger partial charge in [0.05, 0.1) is 0 Å². The Morgan fingerprint density at radius 2 is 2.14 bits per heavy atom. The molecule has 0 saturated heterocycles. The zero-order valence-corrected chi connectivity index (χ0v) is 7.62. The fraction of sp³-hybridized carbons (Fsp3) is 0.222. The Morgan fingerprint density at radius 1 is 1.57 bits per heavy atom. The van der Waals surface area contributed by atoms with Gasteiger partial charge in [-0.15, -0.1) is 0 Å². The van der Waals surface area contributed by atoms with Crippen LogP contribution in [0.1, 0.15) is 12.5 Å². The van der Waals surface area contributed by atoms with Crippen LogP contribution >= 0.6 is 0 Å². The van der Waals surface area contributed by atoms with Crippen LogP contribution in [0.15, 0.2) is 24.3 Å². The van der Waals surface area contributed by atoms with Crippen LogP contribution in [0.4, 0.5) is 4.39 Å². The van der Waals surface area contributed by atoms with E-state index >= 15 is 0 Å². The average Bonchev–Trinajstić information content (AvgIpc) is 2.17. The number of hydrogen-bond acceptors (Lipinski definition) is 3. The Bertz CT molecular complexity index is 352. The normalized spacial score (nSPS) is 14.6. The number of carbonyl (C=O) groups excluding carboxylic acids is 1. The minimum Gasteiger partial charge on any atom is -0.375 e. The molecule has 4 nitrogen and oxygen atoms in total. The van der Waals surface area contributed by atoms with Crippen molar-refractivity contribution in [2.75, 3.05) is 0 Å². The highest BCUT2D eigenvalue weighted by molar-refractivity contribution is 5.85. The Labute approximate surface area is 80.5 Å². The third-order valence-electron chi connectivity index (χ3n) is 1.97. The largest absolute Gasteiger partial charge is 0.375 e. The van der Waals surface area contributed by atoms with E-state index in [0.717, 1.165) is 6.07 Å². The first kappa shape index (κ1) is 10.6. The van der Waals surface area contributed by atoms with E-state index in [1.54, 1.807) is 5.43 Å². The van der Waals surface area contributed by atoms with E-state index in [-0.39, 0.29) is 5.56 Å². The molecule has 14 heavy (non-hydrogen) atoms.